The van der Waals surface area contributed by atoms with Gasteiger partial charge in [-0.3, -0.25) is 4.68 Å². The zero-order valence-corrected chi connectivity index (χ0v) is 13.9. The highest BCUT2D eigenvalue weighted by atomic mass is 32.2. The smallest absolute Gasteiger partial charge is 0.270 e. The number of nitrogens with one attached hydrogen (secondary N) is 1. The normalized spacial score (nSPS) is 13.7. The lowest BCUT2D eigenvalue weighted by Gasteiger charge is -2.14. The van der Waals surface area contributed by atoms with Crippen LogP contribution in [0, 0.1) is 19.8 Å². The Morgan fingerprint density at radius 1 is 1.35 bits per heavy atom. The van der Waals surface area contributed by atoms with Crippen molar-refractivity contribution in [3.63, 3.8) is 0 Å². The summed E-state index contributed by atoms with van der Waals surface area (Å²) in [5.41, 5.74) is 1.02. The molecular weight excluding hydrogens is 328 g/mol. The zero-order chi connectivity index (χ0) is 17.2. The van der Waals surface area contributed by atoms with Crippen LogP contribution in [-0.2, 0) is 16.6 Å². The highest BCUT2D eigenvalue weighted by molar-refractivity contribution is 7.89. The first kappa shape index (κ1) is 17.5. The Balaban J connectivity index is 2.02. The van der Waals surface area contributed by atoms with Gasteiger partial charge < -0.3 is 0 Å². The fourth-order valence-electron chi connectivity index (χ4n) is 2.11. The Bertz CT molecular complexity index is 769. The van der Waals surface area contributed by atoms with Crippen molar-refractivity contribution in [2.75, 3.05) is 6.54 Å². The molecule has 0 aliphatic heterocycles. The number of alkyl halides is 2. The summed E-state index contributed by atoms with van der Waals surface area (Å²) in [4.78, 5) is -0.236. The molecule has 23 heavy (non-hydrogen) atoms. The Hall–Kier alpha value is -1.81. The van der Waals surface area contributed by atoms with Crippen LogP contribution in [0.2, 0.25) is 0 Å². The van der Waals surface area contributed by atoms with Crippen LogP contribution in [0.1, 0.15) is 24.9 Å². The van der Waals surface area contributed by atoms with Crippen molar-refractivity contribution in [1.82, 2.24) is 24.3 Å². The van der Waals surface area contributed by atoms with Crippen molar-refractivity contribution in [2.45, 2.75) is 38.8 Å². The van der Waals surface area contributed by atoms with E-state index in [-0.39, 0.29) is 23.1 Å². The highest BCUT2D eigenvalue weighted by Gasteiger charge is 2.23. The Morgan fingerprint density at radius 3 is 2.57 bits per heavy atom. The van der Waals surface area contributed by atoms with E-state index in [1.165, 1.54) is 6.92 Å². The molecule has 0 spiro atoms. The van der Waals surface area contributed by atoms with E-state index in [2.05, 4.69) is 14.9 Å². The average molecular weight is 347 g/mol. The van der Waals surface area contributed by atoms with Crippen LogP contribution in [-0.4, -0.2) is 34.5 Å². The molecule has 2 heterocycles. The topological polar surface area (TPSA) is 81.8 Å². The maximum absolute atomic E-state index is 12.6. The van der Waals surface area contributed by atoms with Crippen LogP contribution in [0.3, 0.4) is 0 Å². The second-order valence-electron chi connectivity index (χ2n) is 5.45. The summed E-state index contributed by atoms with van der Waals surface area (Å²) < 4.78 is 54.2. The van der Waals surface area contributed by atoms with E-state index in [0.29, 0.717) is 11.2 Å². The van der Waals surface area contributed by atoms with Gasteiger partial charge in [0.05, 0.1) is 11.9 Å². The molecule has 2 rings (SSSR count). The van der Waals surface area contributed by atoms with Gasteiger partial charge in [0.25, 0.3) is 0 Å². The van der Waals surface area contributed by atoms with Crippen LogP contribution in [0.4, 0.5) is 8.78 Å². The SMILES string of the molecule is Cc1nn(C(F)F)cc1S(=O)(=O)NC[C@H](C)Cn1nccc1C. The lowest BCUT2D eigenvalue weighted by molar-refractivity contribution is 0.0561. The van der Waals surface area contributed by atoms with Crippen molar-refractivity contribution < 1.29 is 17.2 Å². The van der Waals surface area contributed by atoms with E-state index < -0.39 is 16.6 Å². The van der Waals surface area contributed by atoms with Gasteiger partial charge in [-0.2, -0.15) is 19.0 Å². The molecule has 0 saturated heterocycles. The van der Waals surface area contributed by atoms with E-state index >= 15 is 0 Å². The van der Waals surface area contributed by atoms with Crippen LogP contribution in [0.25, 0.3) is 0 Å². The number of aryl methyl sites for hydroxylation is 2. The maximum Gasteiger partial charge on any atom is 0.333 e. The van der Waals surface area contributed by atoms with E-state index in [0.717, 1.165) is 11.9 Å². The van der Waals surface area contributed by atoms with Crippen LogP contribution >= 0.6 is 0 Å². The second-order valence-corrected chi connectivity index (χ2v) is 7.18. The molecule has 0 amide bonds. The number of hydrogen-bond donors (Lipinski definition) is 1. The molecule has 0 saturated carbocycles. The number of hydrogen-bond acceptors (Lipinski definition) is 4. The molecule has 128 valence electrons. The van der Waals surface area contributed by atoms with Gasteiger partial charge in [0.2, 0.25) is 10.0 Å². The summed E-state index contributed by atoms with van der Waals surface area (Å²) in [5, 5.41) is 7.65. The van der Waals surface area contributed by atoms with Gasteiger partial charge >= 0.3 is 6.55 Å². The third kappa shape index (κ3) is 4.14. The average Bonchev–Trinajstić information content (AvgIpc) is 3.04. The van der Waals surface area contributed by atoms with Crippen molar-refractivity contribution in [2.24, 2.45) is 5.92 Å². The zero-order valence-electron chi connectivity index (χ0n) is 13.1. The van der Waals surface area contributed by atoms with Gasteiger partial charge in [0.15, 0.2) is 0 Å². The molecule has 2 aromatic rings. The monoisotopic (exact) mass is 347 g/mol. The van der Waals surface area contributed by atoms with E-state index in [1.54, 1.807) is 10.9 Å². The molecule has 0 aliphatic rings. The summed E-state index contributed by atoms with van der Waals surface area (Å²) in [6, 6.07) is 1.86. The largest absolute Gasteiger partial charge is 0.333 e. The van der Waals surface area contributed by atoms with Crippen LogP contribution in [0.5, 0.6) is 0 Å². The standard InChI is InChI=1S/C13H19F2N5O2S/c1-9(7-19-10(2)4-5-16-19)6-17-23(21,22)12-8-20(13(14)15)18-11(12)3/h4-5,8-9,13,17H,6-7H2,1-3H3/t9-/m0/s1. The van der Waals surface area contributed by atoms with Gasteiger partial charge in [-0.25, -0.2) is 17.8 Å². The molecule has 1 atom stereocenters. The van der Waals surface area contributed by atoms with Gasteiger partial charge in [-0.1, -0.05) is 6.92 Å². The molecular formula is C13H19F2N5O2S. The van der Waals surface area contributed by atoms with Gasteiger partial charge in [0.1, 0.15) is 4.90 Å². The Morgan fingerprint density at radius 2 is 2.04 bits per heavy atom. The molecule has 0 aliphatic carbocycles. The number of halogens is 2. The molecule has 1 N–H and O–H groups in total. The number of aromatic nitrogens is 4. The first-order chi connectivity index (χ1) is 10.7. The fraction of sp³-hybridized carbons (Fsp3) is 0.538. The van der Waals surface area contributed by atoms with Crippen LogP contribution < -0.4 is 4.72 Å². The van der Waals surface area contributed by atoms with E-state index in [4.69, 9.17) is 0 Å². The van der Waals surface area contributed by atoms with Gasteiger partial charge in [-0.05, 0) is 25.8 Å². The number of nitrogens with zero attached hydrogens (tertiary/aromatic N) is 4. The van der Waals surface area contributed by atoms with E-state index in [9.17, 15) is 17.2 Å². The molecule has 0 bridgehead atoms. The lowest BCUT2D eigenvalue weighted by atomic mass is 10.2. The summed E-state index contributed by atoms with van der Waals surface area (Å²) in [6.45, 7) is 3.01. The molecule has 7 nitrogen and oxygen atoms in total. The van der Waals surface area contributed by atoms with Crippen molar-refractivity contribution in [3.05, 3.63) is 29.8 Å². The summed E-state index contributed by atoms with van der Waals surface area (Å²) in [6.07, 6.45) is 2.51. The first-order valence-corrected chi connectivity index (χ1v) is 8.51. The first-order valence-electron chi connectivity index (χ1n) is 7.02. The molecule has 0 fully saturated rings. The molecule has 0 aromatic carbocycles. The second kappa shape index (κ2) is 6.75. The minimum absolute atomic E-state index is 0.0196. The molecule has 0 radical (unpaired) electrons. The summed E-state index contributed by atoms with van der Waals surface area (Å²) >= 11 is 0. The van der Waals surface area contributed by atoms with Crippen LogP contribution in [0.15, 0.2) is 23.4 Å². The molecule has 2 aromatic heterocycles. The Kier molecular flexibility index (Phi) is 5.15. The molecule has 0 unspecified atom stereocenters. The predicted octanol–water partition coefficient (Wildman–Crippen LogP) is 1.71. The quantitative estimate of drug-likeness (QED) is 0.827. The highest BCUT2D eigenvalue weighted by Crippen LogP contribution is 2.18. The third-order valence-corrected chi connectivity index (χ3v) is 4.92. The summed E-state index contributed by atoms with van der Waals surface area (Å²) in [7, 11) is -3.88. The minimum Gasteiger partial charge on any atom is -0.270 e. The van der Waals surface area contributed by atoms with Crippen molar-refractivity contribution in [1.29, 1.82) is 0 Å². The van der Waals surface area contributed by atoms with Crippen molar-refractivity contribution >= 4 is 10.0 Å². The van der Waals surface area contributed by atoms with Gasteiger partial charge in [-0.15, -0.1) is 0 Å². The third-order valence-electron chi connectivity index (χ3n) is 3.40. The van der Waals surface area contributed by atoms with E-state index in [1.807, 2.05) is 19.9 Å². The number of rotatable bonds is 7. The maximum atomic E-state index is 12.6. The predicted molar refractivity (Wildman–Crippen MR) is 79.5 cm³/mol. The lowest BCUT2D eigenvalue weighted by Crippen LogP contribution is -2.30. The van der Waals surface area contributed by atoms with Crippen molar-refractivity contribution in [3.8, 4) is 0 Å². The fourth-order valence-corrected chi connectivity index (χ4v) is 3.44. The summed E-state index contributed by atoms with van der Waals surface area (Å²) in [5.74, 6) is -0.0196. The Labute approximate surface area is 133 Å². The van der Waals surface area contributed by atoms with Gasteiger partial charge in [0, 0.05) is 25.0 Å². The minimum atomic E-state index is -3.88. The number of sulfonamides is 1. The molecule has 10 heteroatoms.